The van der Waals surface area contributed by atoms with Crippen molar-refractivity contribution in [2.45, 2.75) is 0 Å². The first-order chi connectivity index (χ1) is 19.9. The molecule has 0 spiro atoms. The molecule has 0 fully saturated rings. The molecule has 4 rings (SSSR count). The smallest absolute Gasteiger partial charge is 0.335 e. The summed E-state index contributed by atoms with van der Waals surface area (Å²) in [7, 11) is 0. The molecule has 0 radical (unpaired) electrons. The van der Waals surface area contributed by atoms with Crippen molar-refractivity contribution in [3.8, 4) is 47.0 Å². The lowest BCUT2D eigenvalue weighted by Crippen LogP contribution is -2.02. The molecular formula is C36H21FO4. The lowest BCUT2D eigenvalue weighted by molar-refractivity contribution is -0.129. The van der Waals surface area contributed by atoms with Gasteiger partial charge >= 0.3 is 11.9 Å². The van der Waals surface area contributed by atoms with Gasteiger partial charge in [0.2, 0.25) is 0 Å². The van der Waals surface area contributed by atoms with E-state index in [4.69, 9.17) is 9.47 Å². The maximum atomic E-state index is 14.6. The Bertz CT molecular complexity index is 1800. The van der Waals surface area contributed by atoms with Crippen molar-refractivity contribution in [2.75, 3.05) is 0 Å². The van der Waals surface area contributed by atoms with Crippen LogP contribution in [0.25, 0.3) is 0 Å². The van der Waals surface area contributed by atoms with E-state index in [1.54, 1.807) is 60.7 Å². The van der Waals surface area contributed by atoms with Crippen LogP contribution >= 0.6 is 0 Å². The first-order valence-corrected chi connectivity index (χ1v) is 12.3. The molecule has 4 aromatic carbocycles. The lowest BCUT2D eigenvalue weighted by atomic mass is 10.1. The van der Waals surface area contributed by atoms with Crippen LogP contribution in [0.4, 0.5) is 4.39 Å². The summed E-state index contributed by atoms with van der Waals surface area (Å²) in [6.07, 6.45) is 2.18. The summed E-state index contributed by atoms with van der Waals surface area (Å²) in [6, 6.07) is 25.4. The van der Waals surface area contributed by atoms with Gasteiger partial charge in [-0.3, -0.25) is 0 Å². The Labute approximate surface area is 237 Å². The van der Waals surface area contributed by atoms with E-state index in [0.29, 0.717) is 22.6 Å². The van der Waals surface area contributed by atoms with Crippen molar-refractivity contribution >= 4 is 11.9 Å². The molecule has 0 amide bonds. The summed E-state index contributed by atoms with van der Waals surface area (Å²) in [5, 5.41) is 0. The predicted octanol–water partition coefficient (Wildman–Crippen LogP) is 6.21. The highest BCUT2D eigenvalue weighted by Crippen LogP contribution is 2.14. The van der Waals surface area contributed by atoms with Crippen LogP contribution < -0.4 is 9.47 Å². The number of halogens is 1. The van der Waals surface area contributed by atoms with E-state index in [1.165, 1.54) is 6.07 Å². The van der Waals surface area contributed by atoms with Crippen LogP contribution in [0.2, 0.25) is 0 Å². The number of rotatable bonds is 4. The van der Waals surface area contributed by atoms with Gasteiger partial charge in [-0.15, -0.1) is 0 Å². The van der Waals surface area contributed by atoms with E-state index in [0.717, 1.165) is 28.8 Å². The average molecular weight is 537 g/mol. The molecule has 196 valence electrons. The molecule has 0 heterocycles. The molecule has 0 aliphatic heterocycles. The quantitative estimate of drug-likeness (QED) is 0.135. The van der Waals surface area contributed by atoms with Crippen LogP contribution in [0.3, 0.4) is 0 Å². The van der Waals surface area contributed by atoms with Gasteiger partial charge in [-0.25, -0.2) is 14.0 Å². The van der Waals surface area contributed by atoms with E-state index in [2.05, 4.69) is 48.7 Å². The summed E-state index contributed by atoms with van der Waals surface area (Å²) < 4.78 is 24.7. The van der Waals surface area contributed by atoms with Crippen LogP contribution in [0.1, 0.15) is 33.4 Å². The SMILES string of the molecule is C=CC(=O)Oc1ccc(C#Cc2ccc(C#Cc3ccc(C#Cc4ccc(OC(=O)C=C)cc4)c(F)c3)cc2)cc1. The van der Waals surface area contributed by atoms with Crippen LogP contribution in [0, 0.1) is 41.3 Å². The predicted molar refractivity (Wildman–Crippen MR) is 155 cm³/mol. The molecule has 0 aromatic heterocycles. The third-order valence-electron chi connectivity index (χ3n) is 5.38. The van der Waals surface area contributed by atoms with Gasteiger partial charge in [-0.2, -0.15) is 0 Å². The monoisotopic (exact) mass is 536 g/mol. The highest BCUT2D eigenvalue weighted by atomic mass is 19.1. The van der Waals surface area contributed by atoms with Gasteiger partial charge in [-0.05, 0) is 91.0 Å². The van der Waals surface area contributed by atoms with Crippen molar-refractivity contribution in [2.24, 2.45) is 0 Å². The number of ether oxygens (including phenoxy) is 2. The first kappa shape index (κ1) is 27.9. The Morgan fingerprint density at radius 3 is 1.27 bits per heavy atom. The topological polar surface area (TPSA) is 52.6 Å². The molecular weight excluding hydrogens is 515 g/mol. The summed E-state index contributed by atoms with van der Waals surface area (Å²) in [5.74, 6) is 17.1. The second-order valence-electron chi connectivity index (χ2n) is 8.32. The Morgan fingerprint density at radius 1 is 0.537 bits per heavy atom. The molecule has 0 aliphatic carbocycles. The zero-order valence-electron chi connectivity index (χ0n) is 21.7. The minimum absolute atomic E-state index is 0.244. The highest BCUT2D eigenvalue weighted by molar-refractivity contribution is 5.83. The molecule has 4 nitrogen and oxygen atoms in total. The van der Waals surface area contributed by atoms with Crippen molar-refractivity contribution < 1.29 is 23.5 Å². The van der Waals surface area contributed by atoms with E-state index in [1.807, 2.05) is 24.3 Å². The molecule has 0 saturated heterocycles. The van der Waals surface area contributed by atoms with E-state index in [9.17, 15) is 14.0 Å². The van der Waals surface area contributed by atoms with Gasteiger partial charge in [0.05, 0.1) is 5.56 Å². The third kappa shape index (κ3) is 8.45. The van der Waals surface area contributed by atoms with Gasteiger partial charge in [0.15, 0.2) is 0 Å². The fraction of sp³-hybridized carbons (Fsp3) is 0. The van der Waals surface area contributed by atoms with Crippen LogP contribution in [-0.4, -0.2) is 11.9 Å². The Morgan fingerprint density at radius 2 is 0.878 bits per heavy atom. The molecule has 0 bridgehead atoms. The molecule has 0 aliphatic rings. The summed E-state index contributed by atoms with van der Waals surface area (Å²) in [6.45, 7) is 6.71. The molecule has 0 N–H and O–H groups in total. The van der Waals surface area contributed by atoms with Gasteiger partial charge in [0, 0.05) is 40.0 Å². The summed E-state index contributed by atoms with van der Waals surface area (Å²) in [4.78, 5) is 22.5. The zero-order valence-corrected chi connectivity index (χ0v) is 21.7. The molecule has 5 heteroatoms. The maximum Gasteiger partial charge on any atom is 0.335 e. The molecule has 0 unspecified atom stereocenters. The van der Waals surface area contributed by atoms with Gasteiger partial charge in [0.25, 0.3) is 0 Å². The van der Waals surface area contributed by atoms with Gasteiger partial charge < -0.3 is 9.47 Å². The Kier molecular flexibility index (Phi) is 9.29. The van der Waals surface area contributed by atoms with Crippen molar-refractivity contribution in [1.82, 2.24) is 0 Å². The number of carbonyl (C=O) groups excluding carboxylic acids is 2. The number of esters is 2. The molecule has 41 heavy (non-hydrogen) atoms. The largest absolute Gasteiger partial charge is 0.423 e. The molecule has 0 saturated carbocycles. The normalized spacial score (nSPS) is 9.39. The van der Waals surface area contributed by atoms with Crippen molar-refractivity contribution in [3.05, 3.63) is 156 Å². The average Bonchev–Trinajstić information content (AvgIpc) is 3.00. The van der Waals surface area contributed by atoms with E-state index >= 15 is 0 Å². The van der Waals surface area contributed by atoms with E-state index in [-0.39, 0.29) is 5.56 Å². The van der Waals surface area contributed by atoms with E-state index < -0.39 is 17.8 Å². The second kappa shape index (κ2) is 13.6. The maximum absolute atomic E-state index is 14.6. The van der Waals surface area contributed by atoms with Gasteiger partial charge in [-0.1, -0.05) is 48.7 Å². The number of hydrogen-bond acceptors (Lipinski definition) is 4. The van der Waals surface area contributed by atoms with Crippen LogP contribution in [0.15, 0.2) is 116 Å². The highest BCUT2D eigenvalue weighted by Gasteiger charge is 2.02. The van der Waals surface area contributed by atoms with Crippen molar-refractivity contribution in [3.63, 3.8) is 0 Å². The third-order valence-corrected chi connectivity index (χ3v) is 5.38. The second-order valence-corrected chi connectivity index (χ2v) is 8.32. The minimum Gasteiger partial charge on any atom is -0.423 e. The molecule has 0 atom stereocenters. The summed E-state index contributed by atoms with van der Waals surface area (Å²) >= 11 is 0. The Balaban J connectivity index is 1.37. The molecule has 4 aromatic rings. The van der Waals surface area contributed by atoms with Crippen LogP contribution in [0.5, 0.6) is 11.5 Å². The number of hydrogen-bond donors (Lipinski definition) is 0. The fourth-order valence-corrected chi connectivity index (χ4v) is 3.29. The lowest BCUT2D eigenvalue weighted by Gasteiger charge is -2.00. The fourth-order valence-electron chi connectivity index (χ4n) is 3.29. The first-order valence-electron chi connectivity index (χ1n) is 12.3. The summed E-state index contributed by atoms with van der Waals surface area (Å²) in [5.41, 5.74) is 3.74. The van der Waals surface area contributed by atoms with Crippen molar-refractivity contribution in [1.29, 1.82) is 0 Å². The number of carbonyl (C=O) groups is 2. The minimum atomic E-state index is -0.550. The number of benzene rings is 4. The zero-order chi connectivity index (χ0) is 29.0. The standard InChI is InChI=1S/C36H21FO4/c1-3-35(38)40-32-21-15-28(16-22-32)10-9-26-5-7-27(8-6-26)11-12-30-14-20-31(34(37)25-30)19-13-29-17-23-33(24-18-29)41-36(39)4-2/h3-8,14-18,20-25H,1-2H2. The van der Waals surface area contributed by atoms with Crippen LogP contribution in [-0.2, 0) is 9.59 Å². The Hall–Kier alpha value is -6.09. The van der Waals surface area contributed by atoms with Gasteiger partial charge in [0.1, 0.15) is 17.3 Å².